The minimum atomic E-state index is -4.44. The molecule has 3 nitrogen and oxygen atoms in total. The van der Waals surface area contributed by atoms with Gasteiger partial charge in [0.25, 0.3) is 5.91 Å². The molecule has 0 saturated carbocycles. The molecule has 1 aromatic carbocycles. The third kappa shape index (κ3) is 3.12. The van der Waals surface area contributed by atoms with Crippen LogP contribution in [0.5, 0.6) is 0 Å². The number of amides is 1. The van der Waals surface area contributed by atoms with Crippen molar-refractivity contribution in [2.24, 2.45) is 0 Å². The van der Waals surface area contributed by atoms with Gasteiger partial charge in [0, 0.05) is 10.4 Å². The van der Waals surface area contributed by atoms with Crippen LogP contribution in [0.15, 0.2) is 24.3 Å². The van der Waals surface area contributed by atoms with Gasteiger partial charge in [0.15, 0.2) is 0 Å². The van der Waals surface area contributed by atoms with Crippen molar-refractivity contribution in [2.45, 2.75) is 20.0 Å². The van der Waals surface area contributed by atoms with E-state index >= 15 is 0 Å². The highest BCUT2D eigenvalue weighted by atomic mass is 32.1. The van der Waals surface area contributed by atoms with Crippen LogP contribution in [0.4, 0.5) is 18.2 Å². The van der Waals surface area contributed by atoms with Crippen LogP contribution in [0.3, 0.4) is 0 Å². The van der Waals surface area contributed by atoms with Gasteiger partial charge in [-0.25, -0.2) is 0 Å². The number of rotatable bonds is 2. The standard InChI is InChI=1S/C15H11F3N2OS/c1-8-9(2)22-14(12(8)7-19)20-13(21)10-3-5-11(6-4-10)15(16,17)18/h3-6H,1-2H3,(H,20,21). The summed E-state index contributed by atoms with van der Waals surface area (Å²) < 4.78 is 37.4. The van der Waals surface area contributed by atoms with E-state index in [9.17, 15) is 18.0 Å². The topological polar surface area (TPSA) is 52.9 Å². The Hall–Kier alpha value is -2.33. The monoisotopic (exact) mass is 324 g/mol. The number of nitrogens with one attached hydrogen (secondary N) is 1. The van der Waals surface area contributed by atoms with E-state index in [0.29, 0.717) is 10.6 Å². The normalized spacial score (nSPS) is 11.1. The molecule has 1 heterocycles. The Morgan fingerprint density at radius 3 is 2.32 bits per heavy atom. The Morgan fingerprint density at radius 1 is 1.23 bits per heavy atom. The number of thiophene rings is 1. The molecule has 7 heteroatoms. The summed E-state index contributed by atoms with van der Waals surface area (Å²) in [5.41, 5.74) is 0.447. The number of benzene rings is 1. The average Bonchev–Trinajstić information content (AvgIpc) is 2.72. The van der Waals surface area contributed by atoms with Crippen LogP contribution in [0.25, 0.3) is 0 Å². The zero-order valence-corrected chi connectivity index (χ0v) is 12.5. The number of carbonyl (C=O) groups excluding carboxylic acids is 1. The number of nitrogens with zero attached hydrogens (tertiary/aromatic N) is 1. The van der Waals surface area contributed by atoms with Gasteiger partial charge >= 0.3 is 6.18 Å². The number of aryl methyl sites for hydroxylation is 1. The largest absolute Gasteiger partial charge is 0.416 e. The van der Waals surface area contributed by atoms with Gasteiger partial charge in [0.05, 0.1) is 11.1 Å². The van der Waals surface area contributed by atoms with Crippen LogP contribution in [0, 0.1) is 25.2 Å². The van der Waals surface area contributed by atoms with Crippen LogP contribution in [-0.2, 0) is 6.18 Å². The first kappa shape index (κ1) is 16.0. The second kappa shape index (κ2) is 5.81. The van der Waals surface area contributed by atoms with Crippen molar-refractivity contribution >= 4 is 22.2 Å². The highest BCUT2D eigenvalue weighted by molar-refractivity contribution is 7.16. The van der Waals surface area contributed by atoms with E-state index in [2.05, 4.69) is 5.32 Å². The summed E-state index contributed by atoms with van der Waals surface area (Å²) in [7, 11) is 0. The summed E-state index contributed by atoms with van der Waals surface area (Å²) in [6, 6.07) is 5.94. The van der Waals surface area contributed by atoms with Gasteiger partial charge in [0.2, 0.25) is 0 Å². The van der Waals surface area contributed by atoms with Gasteiger partial charge in [-0.2, -0.15) is 18.4 Å². The number of alkyl halides is 3. The third-order valence-corrected chi connectivity index (χ3v) is 4.32. The SMILES string of the molecule is Cc1sc(NC(=O)c2ccc(C(F)(F)F)cc2)c(C#N)c1C. The maximum absolute atomic E-state index is 12.5. The molecule has 0 radical (unpaired) electrons. The summed E-state index contributed by atoms with van der Waals surface area (Å²) in [6.07, 6.45) is -4.44. The summed E-state index contributed by atoms with van der Waals surface area (Å²) >= 11 is 1.26. The lowest BCUT2D eigenvalue weighted by molar-refractivity contribution is -0.137. The van der Waals surface area contributed by atoms with Crippen LogP contribution in [0.1, 0.15) is 31.9 Å². The Labute approximate surface area is 129 Å². The molecule has 1 N–H and O–H groups in total. The lowest BCUT2D eigenvalue weighted by atomic mass is 10.1. The van der Waals surface area contributed by atoms with Crippen LogP contribution >= 0.6 is 11.3 Å². The first-order valence-corrected chi connectivity index (χ1v) is 7.04. The van der Waals surface area contributed by atoms with Crippen LogP contribution in [-0.4, -0.2) is 5.91 Å². The zero-order chi connectivity index (χ0) is 16.5. The van der Waals surface area contributed by atoms with E-state index in [-0.39, 0.29) is 5.56 Å². The van der Waals surface area contributed by atoms with Gasteiger partial charge < -0.3 is 5.32 Å². The van der Waals surface area contributed by atoms with Gasteiger partial charge in [-0.15, -0.1) is 11.3 Å². The maximum Gasteiger partial charge on any atom is 0.416 e. The first-order chi connectivity index (χ1) is 10.2. The average molecular weight is 324 g/mol. The van der Waals surface area contributed by atoms with Gasteiger partial charge in [-0.1, -0.05) is 0 Å². The van der Waals surface area contributed by atoms with E-state index in [1.807, 2.05) is 13.0 Å². The van der Waals surface area contributed by atoms with Crippen molar-refractivity contribution in [2.75, 3.05) is 5.32 Å². The molecule has 0 aliphatic carbocycles. The molecule has 0 aliphatic heterocycles. The molecule has 114 valence electrons. The summed E-state index contributed by atoms with van der Waals surface area (Å²) in [5.74, 6) is -0.550. The van der Waals surface area contributed by atoms with Crippen molar-refractivity contribution < 1.29 is 18.0 Å². The van der Waals surface area contributed by atoms with E-state index in [1.54, 1.807) is 6.92 Å². The molecule has 2 rings (SSSR count). The van der Waals surface area contributed by atoms with Gasteiger partial charge in [-0.3, -0.25) is 4.79 Å². The number of hydrogen-bond acceptors (Lipinski definition) is 3. The van der Waals surface area contributed by atoms with Gasteiger partial charge in [-0.05, 0) is 43.7 Å². The summed E-state index contributed by atoms with van der Waals surface area (Å²) in [4.78, 5) is 13.0. The molecule has 22 heavy (non-hydrogen) atoms. The predicted molar refractivity (Wildman–Crippen MR) is 77.9 cm³/mol. The molecule has 2 aromatic rings. The fraction of sp³-hybridized carbons (Fsp3) is 0.200. The number of hydrogen-bond donors (Lipinski definition) is 1. The number of anilines is 1. The smallest absolute Gasteiger partial charge is 0.312 e. The fourth-order valence-corrected chi connectivity index (χ4v) is 2.84. The Kier molecular flexibility index (Phi) is 4.24. The Balaban J connectivity index is 2.23. The molecular weight excluding hydrogens is 313 g/mol. The molecule has 0 fully saturated rings. The second-order valence-electron chi connectivity index (χ2n) is 4.63. The minimum absolute atomic E-state index is 0.0978. The van der Waals surface area contributed by atoms with Crippen LogP contribution < -0.4 is 5.32 Å². The van der Waals surface area contributed by atoms with Crippen LogP contribution in [0.2, 0.25) is 0 Å². The van der Waals surface area contributed by atoms with E-state index in [4.69, 9.17) is 5.26 Å². The molecule has 1 aromatic heterocycles. The third-order valence-electron chi connectivity index (χ3n) is 3.20. The molecule has 0 spiro atoms. The highest BCUT2D eigenvalue weighted by Gasteiger charge is 2.30. The van der Waals surface area contributed by atoms with E-state index in [1.165, 1.54) is 11.3 Å². The van der Waals surface area contributed by atoms with E-state index in [0.717, 1.165) is 34.7 Å². The number of nitriles is 1. The van der Waals surface area contributed by atoms with Gasteiger partial charge in [0.1, 0.15) is 11.1 Å². The van der Waals surface area contributed by atoms with Crippen molar-refractivity contribution in [3.63, 3.8) is 0 Å². The second-order valence-corrected chi connectivity index (χ2v) is 5.85. The predicted octanol–water partition coefficient (Wildman–Crippen LogP) is 4.51. The maximum atomic E-state index is 12.5. The molecular formula is C15H11F3N2OS. The molecule has 0 aliphatic rings. The number of carbonyl (C=O) groups is 1. The lowest BCUT2D eigenvalue weighted by Crippen LogP contribution is -2.12. The van der Waals surface area contributed by atoms with E-state index < -0.39 is 17.6 Å². The molecule has 0 saturated heterocycles. The van der Waals surface area contributed by atoms with Crippen molar-refractivity contribution in [1.82, 2.24) is 0 Å². The zero-order valence-electron chi connectivity index (χ0n) is 11.7. The molecule has 0 unspecified atom stereocenters. The fourth-order valence-electron chi connectivity index (χ4n) is 1.84. The Bertz CT molecular complexity index is 755. The minimum Gasteiger partial charge on any atom is -0.312 e. The summed E-state index contributed by atoms with van der Waals surface area (Å²) in [6.45, 7) is 3.60. The highest BCUT2D eigenvalue weighted by Crippen LogP contribution is 2.32. The van der Waals surface area contributed by atoms with Crippen molar-refractivity contribution in [3.8, 4) is 6.07 Å². The van der Waals surface area contributed by atoms with Crippen molar-refractivity contribution in [3.05, 3.63) is 51.4 Å². The molecule has 1 amide bonds. The molecule has 0 bridgehead atoms. The van der Waals surface area contributed by atoms with Crippen molar-refractivity contribution in [1.29, 1.82) is 5.26 Å². The lowest BCUT2D eigenvalue weighted by Gasteiger charge is -2.07. The number of halogens is 3. The summed E-state index contributed by atoms with van der Waals surface area (Å²) in [5, 5.41) is 12.1. The Morgan fingerprint density at radius 2 is 1.82 bits per heavy atom. The molecule has 0 atom stereocenters. The first-order valence-electron chi connectivity index (χ1n) is 6.22. The quantitative estimate of drug-likeness (QED) is 0.884.